The number of nitrogens with zero attached hydrogens (tertiary/aromatic N) is 2. The molecule has 3 nitrogen and oxygen atoms in total. The highest BCUT2D eigenvalue weighted by Crippen LogP contribution is 2.14. The van der Waals surface area contributed by atoms with Crippen LogP contribution in [-0.2, 0) is 4.84 Å². The highest BCUT2D eigenvalue weighted by Gasteiger charge is 2.18. The number of hydrogen-bond acceptors (Lipinski definition) is 3. The number of rotatable bonds is 1. The summed E-state index contributed by atoms with van der Waals surface area (Å²) in [7, 11) is 0. The standard InChI is InChI=1S/C5H5ClN2O/c6-5-3-4(1-2-7)9-8-5/h4H,1,3H2. The van der Waals surface area contributed by atoms with Crippen molar-refractivity contribution < 1.29 is 4.84 Å². The molecule has 0 bridgehead atoms. The van der Waals surface area contributed by atoms with Crippen molar-refractivity contribution in [3.05, 3.63) is 0 Å². The molecule has 0 amide bonds. The maximum absolute atomic E-state index is 8.19. The molecule has 1 atom stereocenters. The normalized spacial score (nSPS) is 24.4. The zero-order valence-corrected chi connectivity index (χ0v) is 5.43. The summed E-state index contributed by atoms with van der Waals surface area (Å²) in [5.74, 6) is 0. The molecule has 0 radical (unpaired) electrons. The van der Waals surface area contributed by atoms with Gasteiger partial charge in [0.25, 0.3) is 0 Å². The molecular weight excluding hydrogens is 140 g/mol. The SMILES string of the molecule is N#CCC1CC(Cl)=NO1. The van der Waals surface area contributed by atoms with Gasteiger partial charge in [0, 0.05) is 6.42 Å². The molecule has 1 aliphatic rings. The van der Waals surface area contributed by atoms with Crippen LogP contribution in [-0.4, -0.2) is 11.3 Å². The summed E-state index contributed by atoms with van der Waals surface area (Å²) < 4.78 is 0. The summed E-state index contributed by atoms with van der Waals surface area (Å²) in [6.45, 7) is 0. The lowest BCUT2D eigenvalue weighted by Gasteiger charge is -1.98. The Labute approximate surface area is 57.9 Å². The third-order valence-electron chi connectivity index (χ3n) is 1.02. The van der Waals surface area contributed by atoms with Gasteiger partial charge in [-0.25, -0.2) is 0 Å². The number of oxime groups is 1. The Kier molecular flexibility index (Phi) is 1.91. The van der Waals surface area contributed by atoms with Crippen LogP contribution in [0, 0.1) is 11.3 Å². The first kappa shape index (κ1) is 6.37. The second kappa shape index (κ2) is 2.70. The van der Waals surface area contributed by atoms with E-state index in [1.807, 2.05) is 6.07 Å². The molecule has 1 unspecified atom stereocenters. The fraction of sp³-hybridized carbons (Fsp3) is 0.600. The maximum atomic E-state index is 8.19. The van der Waals surface area contributed by atoms with Gasteiger partial charge in [0.1, 0.15) is 11.3 Å². The number of halogens is 1. The second-order valence-corrected chi connectivity index (χ2v) is 2.20. The molecule has 1 heterocycles. The average Bonchev–Trinajstić information content (AvgIpc) is 2.17. The van der Waals surface area contributed by atoms with E-state index in [-0.39, 0.29) is 6.10 Å². The van der Waals surface area contributed by atoms with Gasteiger partial charge in [-0.3, -0.25) is 0 Å². The van der Waals surface area contributed by atoms with Crippen LogP contribution >= 0.6 is 11.6 Å². The molecule has 0 fully saturated rings. The van der Waals surface area contributed by atoms with Gasteiger partial charge in [-0.05, 0) is 0 Å². The van der Waals surface area contributed by atoms with Gasteiger partial charge in [0.15, 0.2) is 0 Å². The van der Waals surface area contributed by atoms with E-state index in [1.165, 1.54) is 0 Å². The fourth-order valence-electron chi connectivity index (χ4n) is 0.605. The lowest BCUT2D eigenvalue weighted by Crippen LogP contribution is -2.03. The van der Waals surface area contributed by atoms with Crippen molar-refractivity contribution in [2.45, 2.75) is 18.9 Å². The number of hydrogen-bond donors (Lipinski definition) is 0. The third kappa shape index (κ3) is 1.58. The van der Waals surface area contributed by atoms with E-state index in [9.17, 15) is 0 Å². The fourth-order valence-corrected chi connectivity index (χ4v) is 0.817. The summed E-state index contributed by atoms with van der Waals surface area (Å²) in [5, 5.41) is 12.1. The van der Waals surface area contributed by atoms with Crippen LogP contribution in [0.1, 0.15) is 12.8 Å². The lowest BCUT2D eigenvalue weighted by atomic mass is 10.2. The van der Waals surface area contributed by atoms with E-state index in [2.05, 4.69) is 5.16 Å². The lowest BCUT2D eigenvalue weighted by molar-refractivity contribution is 0.0891. The van der Waals surface area contributed by atoms with Gasteiger partial charge < -0.3 is 4.84 Å². The first-order valence-electron chi connectivity index (χ1n) is 2.58. The molecule has 0 saturated carbocycles. The quantitative estimate of drug-likeness (QED) is 0.556. The molecule has 4 heteroatoms. The largest absolute Gasteiger partial charge is 0.390 e. The molecular formula is C5H5ClN2O. The van der Waals surface area contributed by atoms with Crippen LogP contribution in [0.2, 0.25) is 0 Å². The van der Waals surface area contributed by atoms with E-state index >= 15 is 0 Å². The van der Waals surface area contributed by atoms with E-state index in [0.29, 0.717) is 18.0 Å². The second-order valence-electron chi connectivity index (χ2n) is 1.76. The Morgan fingerprint density at radius 1 is 2.00 bits per heavy atom. The zero-order valence-electron chi connectivity index (χ0n) is 4.67. The van der Waals surface area contributed by atoms with Crippen molar-refractivity contribution in [1.29, 1.82) is 5.26 Å². The molecule has 9 heavy (non-hydrogen) atoms. The monoisotopic (exact) mass is 144 g/mol. The summed E-state index contributed by atoms with van der Waals surface area (Å²) in [5.41, 5.74) is 0. The van der Waals surface area contributed by atoms with Gasteiger partial charge in [0.2, 0.25) is 0 Å². The topological polar surface area (TPSA) is 45.4 Å². The minimum atomic E-state index is -0.109. The molecule has 1 rings (SSSR count). The highest BCUT2D eigenvalue weighted by molar-refractivity contribution is 6.65. The van der Waals surface area contributed by atoms with Crippen LogP contribution in [0.5, 0.6) is 0 Å². The highest BCUT2D eigenvalue weighted by atomic mass is 35.5. The molecule has 0 saturated heterocycles. The van der Waals surface area contributed by atoms with Crippen LogP contribution < -0.4 is 0 Å². The predicted molar refractivity (Wildman–Crippen MR) is 33.0 cm³/mol. The van der Waals surface area contributed by atoms with Gasteiger partial charge in [-0.15, -0.1) is 0 Å². The molecule has 0 aliphatic carbocycles. The average molecular weight is 145 g/mol. The summed E-state index contributed by atoms with van der Waals surface area (Å²) >= 11 is 5.46. The Morgan fingerprint density at radius 3 is 3.22 bits per heavy atom. The molecule has 0 spiro atoms. The van der Waals surface area contributed by atoms with E-state index in [1.54, 1.807) is 0 Å². The van der Waals surface area contributed by atoms with E-state index in [0.717, 1.165) is 0 Å². The molecule has 0 aromatic heterocycles. The van der Waals surface area contributed by atoms with Crippen LogP contribution in [0.3, 0.4) is 0 Å². The molecule has 48 valence electrons. The van der Waals surface area contributed by atoms with E-state index < -0.39 is 0 Å². The molecule has 0 N–H and O–H groups in total. The van der Waals surface area contributed by atoms with Crippen molar-refractivity contribution in [2.24, 2.45) is 5.16 Å². The van der Waals surface area contributed by atoms with Crippen LogP contribution in [0.15, 0.2) is 5.16 Å². The van der Waals surface area contributed by atoms with Gasteiger partial charge in [0.05, 0.1) is 12.5 Å². The maximum Gasteiger partial charge on any atom is 0.149 e. The summed E-state index contributed by atoms with van der Waals surface area (Å²) in [6.07, 6.45) is 0.831. The summed E-state index contributed by atoms with van der Waals surface area (Å²) in [4.78, 5) is 4.74. The van der Waals surface area contributed by atoms with Crippen LogP contribution in [0.4, 0.5) is 0 Å². The molecule has 0 aromatic carbocycles. The van der Waals surface area contributed by atoms with Crippen molar-refractivity contribution in [3.63, 3.8) is 0 Å². The summed E-state index contributed by atoms with van der Waals surface area (Å²) in [6, 6.07) is 1.97. The zero-order chi connectivity index (χ0) is 6.69. The van der Waals surface area contributed by atoms with Gasteiger partial charge in [-0.2, -0.15) is 5.26 Å². The van der Waals surface area contributed by atoms with Crippen molar-refractivity contribution in [1.82, 2.24) is 0 Å². The minimum absolute atomic E-state index is 0.109. The first-order valence-corrected chi connectivity index (χ1v) is 2.96. The van der Waals surface area contributed by atoms with Crippen molar-refractivity contribution >= 4 is 16.8 Å². The van der Waals surface area contributed by atoms with Gasteiger partial charge >= 0.3 is 0 Å². The first-order chi connectivity index (χ1) is 4.33. The minimum Gasteiger partial charge on any atom is -0.390 e. The Bertz CT molecular complexity index is 172. The van der Waals surface area contributed by atoms with Crippen molar-refractivity contribution in [3.8, 4) is 6.07 Å². The Hall–Kier alpha value is -0.750. The molecule has 0 aromatic rings. The van der Waals surface area contributed by atoms with E-state index in [4.69, 9.17) is 21.7 Å². The Morgan fingerprint density at radius 2 is 2.78 bits per heavy atom. The number of nitriles is 1. The van der Waals surface area contributed by atoms with Gasteiger partial charge in [-0.1, -0.05) is 16.8 Å². The predicted octanol–water partition coefficient (Wildman–Crippen LogP) is 1.24. The Balaban J connectivity index is 2.31. The third-order valence-corrected chi connectivity index (χ3v) is 1.24. The smallest absolute Gasteiger partial charge is 0.149 e. The molecule has 1 aliphatic heterocycles. The van der Waals surface area contributed by atoms with Crippen LogP contribution in [0.25, 0.3) is 0 Å². The van der Waals surface area contributed by atoms with Crippen molar-refractivity contribution in [2.75, 3.05) is 0 Å².